The number of amides is 2. The third-order valence-corrected chi connectivity index (χ3v) is 4.42. The Hall–Kier alpha value is -1.35. The van der Waals surface area contributed by atoms with E-state index in [0.29, 0.717) is 10.7 Å². The molecule has 1 fully saturated rings. The number of benzene rings is 1. The van der Waals surface area contributed by atoms with Gasteiger partial charge < -0.3 is 10.2 Å². The van der Waals surface area contributed by atoms with Gasteiger partial charge in [0.15, 0.2) is 0 Å². The minimum absolute atomic E-state index is 0.189. The van der Waals surface area contributed by atoms with E-state index >= 15 is 0 Å². The number of hydrogen-bond donors (Lipinski definition) is 2. The molecule has 1 aliphatic heterocycles. The van der Waals surface area contributed by atoms with Gasteiger partial charge in [0.05, 0.1) is 10.7 Å². The highest BCUT2D eigenvalue weighted by atomic mass is 35.5. The molecule has 1 aliphatic rings. The number of nitrogens with zero attached hydrogens (tertiary/aromatic N) is 2. The van der Waals surface area contributed by atoms with Crippen LogP contribution >= 0.6 is 11.6 Å². The maximum absolute atomic E-state index is 12.0. The van der Waals surface area contributed by atoms with Crippen molar-refractivity contribution in [2.45, 2.75) is 0 Å². The molecule has 0 aromatic heterocycles. The normalized spacial score (nSPS) is 17.0. The predicted octanol–water partition coefficient (Wildman–Crippen LogP) is 0.693. The third kappa shape index (κ3) is 3.60. The maximum atomic E-state index is 12.0. The Balaban J connectivity index is 1.94. The monoisotopic (exact) mass is 318 g/mol. The number of rotatable bonds is 2. The largest absolute Gasteiger partial charge is 0.322 e. The number of nitrogens with one attached hydrogen (secondary N) is 1. The number of para-hydroxylation sites is 1. The molecule has 110 valence electrons. The molecule has 3 N–H and O–H groups in total. The van der Waals surface area contributed by atoms with Gasteiger partial charge in [-0.15, -0.1) is 0 Å². The number of urea groups is 1. The van der Waals surface area contributed by atoms with E-state index < -0.39 is 10.2 Å². The zero-order valence-electron chi connectivity index (χ0n) is 10.6. The molecule has 1 aromatic rings. The highest BCUT2D eigenvalue weighted by Crippen LogP contribution is 2.21. The van der Waals surface area contributed by atoms with Crippen molar-refractivity contribution in [2.75, 3.05) is 31.5 Å². The van der Waals surface area contributed by atoms with Gasteiger partial charge in [-0.05, 0) is 12.1 Å². The summed E-state index contributed by atoms with van der Waals surface area (Å²) < 4.78 is 23.5. The van der Waals surface area contributed by atoms with Crippen molar-refractivity contribution in [3.63, 3.8) is 0 Å². The minimum Gasteiger partial charge on any atom is -0.322 e. The lowest BCUT2D eigenvalue weighted by Gasteiger charge is -2.32. The molecule has 7 nitrogen and oxygen atoms in total. The van der Waals surface area contributed by atoms with Crippen LogP contribution in [0.15, 0.2) is 24.3 Å². The van der Waals surface area contributed by atoms with Gasteiger partial charge in [0.25, 0.3) is 10.2 Å². The predicted molar refractivity (Wildman–Crippen MR) is 76.7 cm³/mol. The molecule has 1 heterocycles. The first-order valence-electron chi connectivity index (χ1n) is 5.96. The fourth-order valence-electron chi connectivity index (χ4n) is 1.90. The zero-order chi connectivity index (χ0) is 14.8. The fourth-order valence-corrected chi connectivity index (χ4v) is 2.76. The van der Waals surface area contributed by atoms with Crippen LogP contribution in [0.4, 0.5) is 10.5 Å². The molecule has 0 spiro atoms. The highest BCUT2D eigenvalue weighted by Gasteiger charge is 2.26. The molecule has 9 heteroatoms. The number of nitrogens with two attached hydrogens (primary N) is 1. The van der Waals surface area contributed by atoms with Crippen LogP contribution in [0.5, 0.6) is 0 Å². The van der Waals surface area contributed by atoms with E-state index in [1.165, 1.54) is 4.90 Å². The van der Waals surface area contributed by atoms with Crippen LogP contribution in [0.1, 0.15) is 0 Å². The van der Waals surface area contributed by atoms with E-state index in [2.05, 4.69) is 5.32 Å². The second-order valence-electron chi connectivity index (χ2n) is 4.34. The molecule has 1 saturated heterocycles. The first-order chi connectivity index (χ1) is 9.38. The lowest BCUT2D eigenvalue weighted by Crippen LogP contribution is -2.53. The Labute approximate surface area is 122 Å². The molecule has 0 saturated carbocycles. The summed E-state index contributed by atoms with van der Waals surface area (Å²) in [6, 6.07) is 6.59. The first-order valence-corrected chi connectivity index (χ1v) is 7.84. The summed E-state index contributed by atoms with van der Waals surface area (Å²) in [5.74, 6) is 0. The number of carbonyl (C=O) groups is 1. The summed E-state index contributed by atoms with van der Waals surface area (Å²) in [4.78, 5) is 13.6. The minimum atomic E-state index is -3.69. The van der Waals surface area contributed by atoms with Crippen LogP contribution in [0, 0.1) is 0 Å². The Bertz CT molecular complexity index is 599. The van der Waals surface area contributed by atoms with E-state index in [1.54, 1.807) is 24.3 Å². The lowest BCUT2D eigenvalue weighted by atomic mass is 10.3. The van der Waals surface area contributed by atoms with Crippen LogP contribution in [0.2, 0.25) is 5.02 Å². The van der Waals surface area contributed by atoms with Crippen molar-refractivity contribution in [1.82, 2.24) is 9.21 Å². The molecule has 0 radical (unpaired) electrons. The Morgan fingerprint density at radius 2 is 1.80 bits per heavy atom. The maximum Gasteiger partial charge on any atom is 0.321 e. The Kier molecular flexibility index (Phi) is 4.48. The molecule has 20 heavy (non-hydrogen) atoms. The van der Waals surface area contributed by atoms with Crippen molar-refractivity contribution in [1.29, 1.82) is 0 Å². The summed E-state index contributed by atoms with van der Waals surface area (Å²) in [5, 5.41) is 8.17. The van der Waals surface area contributed by atoms with E-state index in [0.717, 1.165) is 4.31 Å². The molecule has 2 amide bonds. The van der Waals surface area contributed by atoms with Crippen LogP contribution in [-0.2, 0) is 10.2 Å². The average Bonchev–Trinajstić information content (AvgIpc) is 2.40. The van der Waals surface area contributed by atoms with Crippen molar-refractivity contribution >= 4 is 33.5 Å². The number of piperazine rings is 1. The molecular formula is C11H15ClN4O3S. The topological polar surface area (TPSA) is 95.7 Å². The smallest absolute Gasteiger partial charge is 0.321 e. The Morgan fingerprint density at radius 1 is 1.20 bits per heavy atom. The second kappa shape index (κ2) is 5.96. The molecule has 0 aliphatic carbocycles. The van der Waals surface area contributed by atoms with E-state index in [4.69, 9.17) is 16.7 Å². The zero-order valence-corrected chi connectivity index (χ0v) is 12.2. The summed E-state index contributed by atoms with van der Waals surface area (Å²) in [5.41, 5.74) is 0.521. The number of anilines is 1. The summed E-state index contributed by atoms with van der Waals surface area (Å²) in [6.45, 7) is 0.947. The SMILES string of the molecule is NS(=O)(=O)N1CCN(C(=O)Nc2ccccc2Cl)CC1. The summed E-state index contributed by atoms with van der Waals surface area (Å²) >= 11 is 5.95. The molecule has 0 unspecified atom stereocenters. The number of carbonyl (C=O) groups excluding carboxylic acids is 1. The fraction of sp³-hybridized carbons (Fsp3) is 0.364. The van der Waals surface area contributed by atoms with Gasteiger partial charge in [0.2, 0.25) is 0 Å². The van der Waals surface area contributed by atoms with E-state index in [9.17, 15) is 13.2 Å². The Morgan fingerprint density at radius 3 is 2.35 bits per heavy atom. The third-order valence-electron chi connectivity index (χ3n) is 3.00. The molecule has 0 bridgehead atoms. The van der Waals surface area contributed by atoms with Crippen LogP contribution in [0.3, 0.4) is 0 Å². The van der Waals surface area contributed by atoms with Crippen LogP contribution in [-0.4, -0.2) is 49.8 Å². The quantitative estimate of drug-likeness (QED) is 0.840. The standard InChI is InChI=1S/C11H15ClN4O3S/c12-9-3-1-2-4-10(9)14-11(17)15-5-7-16(8-6-15)20(13,18)19/h1-4H,5-8H2,(H,14,17)(H2,13,18,19). The van der Waals surface area contributed by atoms with Crippen molar-refractivity contribution in [2.24, 2.45) is 5.14 Å². The lowest BCUT2D eigenvalue weighted by molar-refractivity contribution is 0.184. The summed E-state index contributed by atoms with van der Waals surface area (Å²) in [7, 11) is -3.69. The van der Waals surface area contributed by atoms with Crippen LogP contribution < -0.4 is 10.5 Å². The van der Waals surface area contributed by atoms with Crippen LogP contribution in [0.25, 0.3) is 0 Å². The van der Waals surface area contributed by atoms with Crippen molar-refractivity contribution in [3.8, 4) is 0 Å². The van der Waals surface area contributed by atoms with Gasteiger partial charge in [0, 0.05) is 26.2 Å². The van der Waals surface area contributed by atoms with Gasteiger partial charge >= 0.3 is 6.03 Å². The average molecular weight is 319 g/mol. The van der Waals surface area contributed by atoms with Gasteiger partial charge in [-0.3, -0.25) is 0 Å². The summed E-state index contributed by atoms with van der Waals surface area (Å²) in [6.07, 6.45) is 0. The van der Waals surface area contributed by atoms with Crippen molar-refractivity contribution < 1.29 is 13.2 Å². The van der Waals surface area contributed by atoms with Crippen molar-refractivity contribution in [3.05, 3.63) is 29.3 Å². The van der Waals surface area contributed by atoms with Gasteiger partial charge in [-0.1, -0.05) is 23.7 Å². The number of halogens is 1. The molecule has 2 rings (SSSR count). The highest BCUT2D eigenvalue weighted by molar-refractivity contribution is 7.86. The molecular weight excluding hydrogens is 304 g/mol. The van der Waals surface area contributed by atoms with E-state index in [1.807, 2.05) is 0 Å². The number of hydrogen-bond acceptors (Lipinski definition) is 3. The second-order valence-corrected chi connectivity index (χ2v) is 6.29. The van der Waals surface area contributed by atoms with Gasteiger partial charge in [0.1, 0.15) is 0 Å². The van der Waals surface area contributed by atoms with E-state index in [-0.39, 0.29) is 32.2 Å². The molecule has 0 atom stereocenters. The first kappa shape index (κ1) is 15.0. The molecule has 1 aromatic carbocycles. The van der Waals surface area contributed by atoms with Gasteiger partial charge in [-0.25, -0.2) is 9.93 Å². The van der Waals surface area contributed by atoms with Gasteiger partial charge in [-0.2, -0.15) is 12.7 Å².